The normalized spacial score (nSPS) is 21.4. The summed E-state index contributed by atoms with van der Waals surface area (Å²) in [4.78, 5) is 25.9. The minimum Gasteiger partial charge on any atom is -0.356 e. The molecule has 1 aliphatic rings. The summed E-state index contributed by atoms with van der Waals surface area (Å²) in [7, 11) is 0. The fraction of sp³-hybridized carbons (Fsp3) is 0.500. The van der Waals surface area contributed by atoms with Gasteiger partial charge >= 0.3 is 0 Å². The summed E-state index contributed by atoms with van der Waals surface area (Å²) in [6, 6.07) is 5.56. The summed E-state index contributed by atoms with van der Waals surface area (Å²) in [5.74, 6) is 2.98. The van der Waals surface area contributed by atoms with Gasteiger partial charge in [-0.15, -0.1) is 0 Å². The first-order valence-electron chi connectivity index (χ1n) is 8.36. The van der Waals surface area contributed by atoms with Crippen molar-refractivity contribution in [2.24, 2.45) is 11.8 Å². The molecule has 0 saturated carbocycles. The smallest absolute Gasteiger partial charge is 0.251 e. The van der Waals surface area contributed by atoms with Crippen LogP contribution >= 0.6 is 0 Å². The topological polar surface area (TPSA) is 61.9 Å². The van der Waals surface area contributed by atoms with Crippen molar-refractivity contribution in [3.8, 4) is 11.4 Å². The quantitative estimate of drug-likeness (QED) is 0.946. The summed E-state index contributed by atoms with van der Waals surface area (Å²) in [6.45, 7) is 8.68. The van der Waals surface area contributed by atoms with E-state index in [0.717, 1.165) is 36.6 Å². The van der Waals surface area contributed by atoms with Crippen LogP contribution in [-0.4, -0.2) is 28.0 Å². The van der Waals surface area contributed by atoms with Gasteiger partial charge in [-0.05, 0) is 36.8 Å². The Morgan fingerprint density at radius 1 is 1.26 bits per heavy atom. The number of anilines is 1. The van der Waals surface area contributed by atoms with Gasteiger partial charge in [0.05, 0.1) is 0 Å². The summed E-state index contributed by atoms with van der Waals surface area (Å²) in [5, 5.41) is 0. The molecule has 0 spiro atoms. The molecule has 0 aliphatic carbocycles. The lowest BCUT2D eigenvalue weighted by atomic mass is 9.92. The number of aryl methyl sites for hydroxylation is 1. The SMILES string of the molecule is CCc1cc(=O)[nH]c(-c2ccc(N3CC(C)CC(C)C3)nc2)n1. The maximum Gasteiger partial charge on any atom is 0.251 e. The molecule has 1 saturated heterocycles. The number of pyridine rings is 1. The zero-order valence-corrected chi connectivity index (χ0v) is 14.0. The highest BCUT2D eigenvalue weighted by Crippen LogP contribution is 2.25. The van der Waals surface area contributed by atoms with E-state index in [1.54, 1.807) is 12.3 Å². The van der Waals surface area contributed by atoms with Gasteiger partial charge in [-0.1, -0.05) is 20.8 Å². The van der Waals surface area contributed by atoms with Crippen LogP contribution < -0.4 is 10.5 Å². The Morgan fingerprint density at radius 2 is 2.00 bits per heavy atom. The standard InChI is InChI=1S/C18H24N4O/c1-4-15-8-17(23)21-18(20-15)14-5-6-16(19-9-14)22-10-12(2)7-13(3)11-22/h5-6,8-9,12-13H,4,7,10-11H2,1-3H3,(H,20,21,23). The minimum atomic E-state index is -0.116. The number of piperidine rings is 1. The molecule has 3 heterocycles. The molecule has 1 fully saturated rings. The molecule has 0 bridgehead atoms. The molecule has 0 aromatic carbocycles. The van der Waals surface area contributed by atoms with E-state index in [1.165, 1.54) is 6.42 Å². The van der Waals surface area contributed by atoms with Crippen molar-refractivity contribution in [1.29, 1.82) is 0 Å². The number of hydrogen-bond donors (Lipinski definition) is 1. The Hall–Kier alpha value is -2.17. The van der Waals surface area contributed by atoms with Gasteiger partial charge in [0.2, 0.25) is 0 Å². The number of H-pyrrole nitrogens is 1. The van der Waals surface area contributed by atoms with Crippen molar-refractivity contribution in [2.45, 2.75) is 33.6 Å². The average Bonchev–Trinajstić information content (AvgIpc) is 2.53. The van der Waals surface area contributed by atoms with E-state index in [9.17, 15) is 4.79 Å². The Balaban J connectivity index is 1.85. The van der Waals surface area contributed by atoms with Gasteiger partial charge in [-0.3, -0.25) is 4.79 Å². The first-order chi connectivity index (χ1) is 11.0. The second kappa shape index (κ2) is 6.52. The Labute approximate surface area is 136 Å². The monoisotopic (exact) mass is 312 g/mol. The molecular weight excluding hydrogens is 288 g/mol. The maximum absolute atomic E-state index is 11.7. The van der Waals surface area contributed by atoms with Crippen molar-refractivity contribution in [2.75, 3.05) is 18.0 Å². The number of nitrogens with one attached hydrogen (secondary N) is 1. The van der Waals surface area contributed by atoms with Crippen molar-refractivity contribution in [1.82, 2.24) is 15.0 Å². The number of aromatic nitrogens is 3. The molecule has 1 N–H and O–H groups in total. The summed E-state index contributed by atoms with van der Waals surface area (Å²) < 4.78 is 0. The molecule has 2 aromatic heterocycles. The molecule has 2 unspecified atom stereocenters. The fourth-order valence-corrected chi connectivity index (χ4v) is 3.39. The van der Waals surface area contributed by atoms with E-state index in [-0.39, 0.29) is 5.56 Å². The predicted molar refractivity (Wildman–Crippen MR) is 92.6 cm³/mol. The third kappa shape index (κ3) is 3.60. The average molecular weight is 312 g/mol. The number of aromatic amines is 1. The van der Waals surface area contributed by atoms with Crippen LogP contribution in [0.4, 0.5) is 5.82 Å². The van der Waals surface area contributed by atoms with Crippen LogP contribution in [0.25, 0.3) is 11.4 Å². The van der Waals surface area contributed by atoms with Gasteiger partial charge in [0.15, 0.2) is 0 Å². The van der Waals surface area contributed by atoms with E-state index in [1.807, 2.05) is 19.1 Å². The van der Waals surface area contributed by atoms with E-state index < -0.39 is 0 Å². The Morgan fingerprint density at radius 3 is 2.61 bits per heavy atom. The van der Waals surface area contributed by atoms with Crippen molar-refractivity contribution < 1.29 is 0 Å². The van der Waals surface area contributed by atoms with Crippen LogP contribution in [0.5, 0.6) is 0 Å². The molecule has 5 heteroatoms. The van der Waals surface area contributed by atoms with Crippen LogP contribution in [0, 0.1) is 11.8 Å². The lowest BCUT2D eigenvalue weighted by Gasteiger charge is -2.35. The largest absolute Gasteiger partial charge is 0.356 e. The summed E-state index contributed by atoms with van der Waals surface area (Å²) >= 11 is 0. The first kappa shape index (κ1) is 15.7. The third-order valence-corrected chi connectivity index (χ3v) is 4.37. The van der Waals surface area contributed by atoms with Crippen LogP contribution in [0.1, 0.15) is 32.9 Å². The first-order valence-corrected chi connectivity index (χ1v) is 8.36. The van der Waals surface area contributed by atoms with Gasteiger partial charge in [0, 0.05) is 36.6 Å². The molecule has 2 atom stereocenters. The van der Waals surface area contributed by atoms with Crippen molar-refractivity contribution in [3.63, 3.8) is 0 Å². The van der Waals surface area contributed by atoms with E-state index in [0.29, 0.717) is 17.7 Å². The van der Waals surface area contributed by atoms with Gasteiger partial charge in [-0.2, -0.15) is 0 Å². The highest BCUT2D eigenvalue weighted by atomic mass is 16.1. The lowest BCUT2D eigenvalue weighted by molar-refractivity contribution is 0.355. The predicted octanol–water partition coefficient (Wildman–Crippen LogP) is 2.88. The zero-order chi connectivity index (χ0) is 16.4. The van der Waals surface area contributed by atoms with Crippen molar-refractivity contribution in [3.05, 3.63) is 40.4 Å². The lowest BCUT2D eigenvalue weighted by Crippen LogP contribution is -2.39. The summed E-state index contributed by atoms with van der Waals surface area (Å²) in [5.41, 5.74) is 1.53. The Bertz CT molecular complexity index is 713. The van der Waals surface area contributed by atoms with E-state index in [4.69, 9.17) is 0 Å². The second-order valence-corrected chi connectivity index (χ2v) is 6.69. The third-order valence-electron chi connectivity index (χ3n) is 4.37. The molecule has 23 heavy (non-hydrogen) atoms. The molecular formula is C18H24N4O. The molecule has 1 aliphatic heterocycles. The molecule has 0 amide bonds. The van der Waals surface area contributed by atoms with Crippen molar-refractivity contribution >= 4 is 5.82 Å². The zero-order valence-electron chi connectivity index (χ0n) is 14.0. The van der Waals surface area contributed by atoms with Crippen LogP contribution in [0.15, 0.2) is 29.2 Å². The van der Waals surface area contributed by atoms with Gasteiger partial charge in [0.25, 0.3) is 5.56 Å². The fourth-order valence-electron chi connectivity index (χ4n) is 3.39. The Kier molecular flexibility index (Phi) is 4.46. The van der Waals surface area contributed by atoms with Gasteiger partial charge < -0.3 is 9.88 Å². The minimum absolute atomic E-state index is 0.116. The van der Waals surface area contributed by atoms with E-state index in [2.05, 4.69) is 33.7 Å². The van der Waals surface area contributed by atoms with Crippen LogP contribution in [0.3, 0.4) is 0 Å². The number of nitrogens with zero attached hydrogens (tertiary/aromatic N) is 3. The maximum atomic E-state index is 11.7. The second-order valence-electron chi connectivity index (χ2n) is 6.69. The molecule has 5 nitrogen and oxygen atoms in total. The molecule has 2 aromatic rings. The number of hydrogen-bond acceptors (Lipinski definition) is 4. The van der Waals surface area contributed by atoms with Gasteiger partial charge in [-0.25, -0.2) is 9.97 Å². The summed E-state index contributed by atoms with van der Waals surface area (Å²) in [6.07, 6.45) is 3.83. The molecule has 3 rings (SSSR count). The molecule has 122 valence electrons. The highest BCUT2D eigenvalue weighted by molar-refractivity contribution is 5.56. The highest BCUT2D eigenvalue weighted by Gasteiger charge is 2.22. The van der Waals surface area contributed by atoms with E-state index >= 15 is 0 Å². The molecule has 0 radical (unpaired) electrons. The van der Waals surface area contributed by atoms with Gasteiger partial charge in [0.1, 0.15) is 11.6 Å². The van der Waals surface area contributed by atoms with Crippen LogP contribution in [-0.2, 0) is 6.42 Å². The van der Waals surface area contributed by atoms with Crippen LogP contribution in [0.2, 0.25) is 0 Å². The number of rotatable bonds is 3.